The third kappa shape index (κ3) is 5.34. The quantitative estimate of drug-likeness (QED) is 0.236. The van der Waals surface area contributed by atoms with Gasteiger partial charge in [0.25, 0.3) is 10.1 Å². The summed E-state index contributed by atoms with van der Waals surface area (Å²) in [7, 11) is -4.57. The van der Waals surface area contributed by atoms with Gasteiger partial charge in [0.1, 0.15) is 4.90 Å². The fraction of sp³-hybridized carbons (Fsp3) is 0.296. The molecule has 3 N–H and O–H groups in total. The Kier molecular flexibility index (Phi) is 7.40. The zero-order chi connectivity index (χ0) is 24.3. The summed E-state index contributed by atoms with van der Waals surface area (Å²) < 4.78 is 35.0. The molecule has 3 rings (SSSR count). The van der Waals surface area contributed by atoms with Crippen LogP contribution >= 0.6 is 0 Å². The highest BCUT2D eigenvalue weighted by molar-refractivity contribution is 7.86. The molecule has 0 aromatic heterocycles. The molecule has 0 amide bonds. The van der Waals surface area contributed by atoms with E-state index in [-0.39, 0.29) is 51.7 Å². The van der Waals surface area contributed by atoms with E-state index in [0.29, 0.717) is 5.56 Å². The molecule has 0 saturated carbocycles. The minimum atomic E-state index is -4.57. The van der Waals surface area contributed by atoms with Crippen LogP contribution in [-0.4, -0.2) is 18.8 Å². The summed E-state index contributed by atoms with van der Waals surface area (Å²) in [5, 5.41) is 0. The van der Waals surface area contributed by atoms with Crippen LogP contribution < -0.4 is 5.73 Å². The van der Waals surface area contributed by atoms with E-state index >= 15 is 0 Å². The van der Waals surface area contributed by atoms with Crippen LogP contribution in [0, 0.1) is 0 Å². The lowest BCUT2D eigenvalue weighted by Crippen LogP contribution is -2.19. The maximum absolute atomic E-state index is 13.8. The maximum Gasteiger partial charge on any atom is 0.295 e. The maximum atomic E-state index is 13.8. The van der Waals surface area contributed by atoms with E-state index in [1.165, 1.54) is 6.07 Å². The fourth-order valence-electron chi connectivity index (χ4n) is 4.39. The molecule has 5 nitrogen and oxygen atoms in total. The molecule has 0 atom stereocenters. The van der Waals surface area contributed by atoms with E-state index in [1.54, 1.807) is 13.8 Å². The summed E-state index contributed by atoms with van der Waals surface area (Å²) in [5.41, 5.74) is 9.44. The Morgan fingerprint density at radius 2 is 1.36 bits per heavy atom. The van der Waals surface area contributed by atoms with E-state index < -0.39 is 10.1 Å². The highest BCUT2D eigenvalue weighted by Gasteiger charge is 2.31. The fourth-order valence-corrected chi connectivity index (χ4v) is 5.60. The van der Waals surface area contributed by atoms with E-state index in [0.717, 1.165) is 11.1 Å². The molecule has 3 aromatic rings. The largest absolute Gasteiger partial charge is 0.398 e. The van der Waals surface area contributed by atoms with Crippen molar-refractivity contribution in [3.8, 4) is 0 Å². The summed E-state index contributed by atoms with van der Waals surface area (Å²) in [6.45, 7) is 7.26. The van der Waals surface area contributed by atoms with Crippen LogP contribution in [0.15, 0.2) is 71.6 Å². The number of hydrogen-bond acceptors (Lipinski definition) is 4. The van der Waals surface area contributed by atoms with Crippen LogP contribution in [0.2, 0.25) is 0 Å². The smallest absolute Gasteiger partial charge is 0.295 e. The number of ketones is 1. The molecule has 0 aliphatic carbocycles. The van der Waals surface area contributed by atoms with Gasteiger partial charge in [-0.15, -0.1) is 0 Å². The Labute approximate surface area is 196 Å². The molecule has 6 heteroatoms. The van der Waals surface area contributed by atoms with E-state index in [4.69, 9.17) is 5.73 Å². The van der Waals surface area contributed by atoms with Gasteiger partial charge in [-0.1, -0.05) is 88.4 Å². The lowest BCUT2D eigenvalue weighted by molar-refractivity contribution is 0.0977. The van der Waals surface area contributed by atoms with Crippen molar-refractivity contribution in [2.75, 3.05) is 5.73 Å². The molecular formula is C27H31NO4S. The monoisotopic (exact) mass is 465 g/mol. The average Bonchev–Trinajstić information content (AvgIpc) is 2.76. The number of nitrogen functional groups attached to an aromatic ring is 1. The summed E-state index contributed by atoms with van der Waals surface area (Å²) in [4.78, 5) is 13.6. The van der Waals surface area contributed by atoms with Crippen molar-refractivity contribution in [2.45, 2.75) is 56.8 Å². The van der Waals surface area contributed by atoms with Gasteiger partial charge >= 0.3 is 0 Å². The Morgan fingerprint density at radius 1 is 0.879 bits per heavy atom. The molecule has 0 spiro atoms. The number of rotatable bonds is 8. The van der Waals surface area contributed by atoms with Crippen molar-refractivity contribution >= 4 is 21.6 Å². The molecule has 0 heterocycles. The second-order valence-electron chi connectivity index (χ2n) is 8.96. The van der Waals surface area contributed by atoms with Crippen molar-refractivity contribution in [2.24, 2.45) is 0 Å². The Hall–Kier alpha value is -2.96. The number of nitrogens with two attached hydrogens (primary N) is 1. The van der Waals surface area contributed by atoms with Gasteiger partial charge in [0.2, 0.25) is 0 Å². The summed E-state index contributed by atoms with van der Waals surface area (Å²) in [6, 6.07) is 21.0. The number of benzene rings is 3. The Bertz CT molecular complexity index is 1190. The topological polar surface area (TPSA) is 97.5 Å². The molecule has 174 valence electrons. The summed E-state index contributed by atoms with van der Waals surface area (Å²) >= 11 is 0. The first-order chi connectivity index (χ1) is 15.5. The minimum absolute atomic E-state index is 0.115. The van der Waals surface area contributed by atoms with Crippen molar-refractivity contribution < 1.29 is 17.8 Å². The summed E-state index contributed by atoms with van der Waals surface area (Å²) in [6.07, 6.45) is 0.115. The number of hydrogen-bond donors (Lipinski definition) is 2. The molecule has 0 aliphatic heterocycles. The molecule has 0 unspecified atom stereocenters. The van der Waals surface area contributed by atoms with Gasteiger partial charge in [0.15, 0.2) is 5.78 Å². The second-order valence-corrected chi connectivity index (χ2v) is 10.3. The number of anilines is 1. The Balaban J connectivity index is 2.20. The Morgan fingerprint density at radius 3 is 1.76 bits per heavy atom. The predicted octanol–water partition coefficient (Wildman–Crippen LogP) is 6.17. The lowest BCUT2D eigenvalue weighted by Gasteiger charge is -2.24. The van der Waals surface area contributed by atoms with Crippen LogP contribution in [-0.2, 0) is 10.1 Å². The van der Waals surface area contributed by atoms with E-state index in [1.807, 2.05) is 74.5 Å². The van der Waals surface area contributed by atoms with Gasteiger partial charge in [-0.3, -0.25) is 9.35 Å². The molecular weight excluding hydrogens is 434 g/mol. The van der Waals surface area contributed by atoms with Gasteiger partial charge in [0.05, 0.1) is 0 Å². The highest BCUT2D eigenvalue weighted by atomic mass is 32.2. The van der Waals surface area contributed by atoms with Crippen molar-refractivity contribution in [3.05, 3.63) is 94.5 Å². The molecule has 33 heavy (non-hydrogen) atoms. The van der Waals surface area contributed by atoms with Crippen LogP contribution in [0.25, 0.3) is 0 Å². The molecule has 0 radical (unpaired) electrons. The number of carbonyl (C=O) groups excluding carboxylic acids is 1. The van der Waals surface area contributed by atoms with Crippen molar-refractivity contribution in [1.82, 2.24) is 0 Å². The van der Waals surface area contributed by atoms with Gasteiger partial charge < -0.3 is 5.73 Å². The number of Topliss-reactive ketones (excluding diaryl/α,β-unsaturated/α-hetero) is 1. The van der Waals surface area contributed by atoms with Crippen molar-refractivity contribution in [1.29, 1.82) is 0 Å². The van der Waals surface area contributed by atoms with Crippen LogP contribution in [0.3, 0.4) is 0 Å². The van der Waals surface area contributed by atoms with Gasteiger partial charge in [-0.25, -0.2) is 0 Å². The first-order valence-corrected chi connectivity index (χ1v) is 12.5. The molecule has 0 bridgehead atoms. The van der Waals surface area contributed by atoms with E-state index in [2.05, 4.69) is 0 Å². The zero-order valence-corrected chi connectivity index (χ0v) is 20.3. The average molecular weight is 466 g/mol. The highest BCUT2D eigenvalue weighted by Crippen LogP contribution is 2.39. The first-order valence-electron chi connectivity index (χ1n) is 11.1. The normalized spacial score (nSPS) is 12.0. The summed E-state index contributed by atoms with van der Waals surface area (Å²) in [5.74, 6) is -1.02. The van der Waals surface area contributed by atoms with Crippen molar-refractivity contribution in [3.63, 3.8) is 0 Å². The minimum Gasteiger partial charge on any atom is -0.398 e. The first kappa shape index (κ1) is 24.7. The molecule has 0 saturated heterocycles. The molecule has 0 fully saturated rings. The van der Waals surface area contributed by atoms with E-state index in [9.17, 15) is 17.8 Å². The second kappa shape index (κ2) is 9.89. The third-order valence-electron chi connectivity index (χ3n) is 5.91. The SMILES string of the molecule is CC(C)c1cc(N)c(C(=O)CC(c2ccccc2)c2ccccc2)c(C(C)C)c1S(=O)(=O)O. The third-order valence-corrected chi connectivity index (χ3v) is 6.88. The van der Waals surface area contributed by atoms with Gasteiger partial charge in [0, 0.05) is 23.6 Å². The standard InChI is InChI=1S/C27H31NO4S/c1-17(2)21-15-23(28)26(25(18(3)4)27(21)33(30,31)32)24(29)16-22(19-11-7-5-8-12-19)20-13-9-6-10-14-20/h5-15,17-18,22H,16,28H2,1-4H3,(H,30,31,32). The number of carbonyl (C=O) groups is 1. The predicted molar refractivity (Wildman–Crippen MR) is 133 cm³/mol. The molecule has 3 aromatic carbocycles. The molecule has 0 aliphatic rings. The van der Waals surface area contributed by atoms with Crippen LogP contribution in [0.1, 0.15) is 84.5 Å². The van der Waals surface area contributed by atoms with Crippen LogP contribution in [0.4, 0.5) is 5.69 Å². The van der Waals surface area contributed by atoms with Gasteiger partial charge in [-0.05, 0) is 40.2 Å². The van der Waals surface area contributed by atoms with Crippen LogP contribution in [0.5, 0.6) is 0 Å². The zero-order valence-electron chi connectivity index (χ0n) is 19.4. The lowest BCUT2D eigenvalue weighted by atomic mass is 9.82. The van der Waals surface area contributed by atoms with Gasteiger partial charge in [-0.2, -0.15) is 8.42 Å².